The third-order valence-electron chi connectivity index (χ3n) is 4.69. The molecule has 1 fully saturated rings. The first-order chi connectivity index (χ1) is 11.2. The summed E-state index contributed by atoms with van der Waals surface area (Å²) in [5.74, 6) is 0. The normalized spacial score (nSPS) is 21.8. The minimum Gasteiger partial charge on any atom is -0.391 e. The standard InChI is InChI=1S/C17H16BrN3O2/c18-13-7-11-16(10-5-6-19-8-12(10)13)20-9-21(17(11)23)14-3-1-2-4-15(14)22/h5-9,14-15,22H,1-4H2/t14-,15?/m0/s1. The quantitative estimate of drug-likeness (QED) is 0.665. The molecule has 1 unspecified atom stereocenters. The third-order valence-corrected chi connectivity index (χ3v) is 5.34. The lowest BCUT2D eigenvalue weighted by molar-refractivity contribution is 0.0735. The zero-order valence-corrected chi connectivity index (χ0v) is 14.0. The van der Waals surface area contributed by atoms with Gasteiger partial charge in [-0.3, -0.25) is 14.3 Å². The van der Waals surface area contributed by atoms with Gasteiger partial charge in [-0.05, 0) is 25.0 Å². The summed E-state index contributed by atoms with van der Waals surface area (Å²) in [4.78, 5) is 21.6. The number of aliphatic hydroxyl groups excluding tert-OH is 1. The van der Waals surface area contributed by atoms with Crippen LogP contribution in [-0.4, -0.2) is 25.7 Å². The van der Waals surface area contributed by atoms with E-state index in [-0.39, 0.29) is 11.6 Å². The van der Waals surface area contributed by atoms with Crippen molar-refractivity contribution in [1.29, 1.82) is 0 Å². The van der Waals surface area contributed by atoms with Crippen LogP contribution < -0.4 is 5.56 Å². The Morgan fingerprint density at radius 1 is 1.22 bits per heavy atom. The van der Waals surface area contributed by atoms with Gasteiger partial charge in [-0.25, -0.2) is 4.98 Å². The average molecular weight is 374 g/mol. The summed E-state index contributed by atoms with van der Waals surface area (Å²) in [6.07, 6.45) is 8.15. The van der Waals surface area contributed by atoms with Crippen LogP contribution in [0.3, 0.4) is 0 Å². The van der Waals surface area contributed by atoms with Gasteiger partial charge in [0.15, 0.2) is 0 Å². The maximum atomic E-state index is 12.9. The molecule has 2 aromatic heterocycles. The van der Waals surface area contributed by atoms with E-state index in [1.54, 1.807) is 29.4 Å². The summed E-state index contributed by atoms with van der Waals surface area (Å²) >= 11 is 3.52. The van der Waals surface area contributed by atoms with Crippen LogP contribution in [-0.2, 0) is 0 Å². The highest BCUT2D eigenvalue weighted by molar-refractivity contribution is 9.10. The molecule has 2 atom stereocenters. The van der Waals surface area contributed by atoms with Crippen molar-refractivity contribution < 1.29 is 5.11 Å². The second kappa shape index (κ2) is 5.69. The molecule has 0 radical (unpaired) electrons. The first-order valence-electron chi connectivity index (χ1n) is 7.78. The fourth-order valence-electron chi connectivity index (χ4n) is 3.48. The summed E-state index contributed by atoms with van der Waals surface area (Å²) in [5, 5.41) is 12.6. The molecule has 1 aliphatic rings. The topological polar surface area (TPSA) is 68.0 Å². The Hall–Kier alpha value is -1.79. The van der Waals surface area contributed by atoms with Crippen molar-refractivity contribution in [3.05, 3.63) is 45.7 Å². The van der Waals surface area contributed by atoms with Gasteiger partial charge in [-0.1, -0.05) is 28.8 Å². The molecule has 3 aromatic rings. The number of hydrogen-bond donors (Lipinski definition) is 1. The van der Waals surface area contributed by atoms with Gasteiger partial charge in [0.05, 0.1) is 29.4 Å². The maximum Gasteiger partial charge on any atom is 0.261 e. The monoisotopic (exact) mass is 373 g/mol. The molecule has 1 saturated carbocycles. The van der Waals surface area contributed by atoms with Crippen LogP contribution in [0.1, 0.15) is 31.7 Å². The van der Waals surface area contributed by atoms with Gasteiger partial charge in [0, 0.05) is 27.6 Å². The number of fused-ring (bicyclic) bond motifs is 3. The molecule has 0 saturated heterocycles. The minimum atomic E-state index is -0.478. The Bertz CT molecular complexity index is 954. The second-order valence-electron chi connectivity index (χ2n) is 6.05. The summed E-state index contributed by atoms with van der Waals surface area (Å²) in [7, 11) is 0. The van der Waals surface area contributed by atoms with Crippen molar-refractivity contribution in [3.63, 3.8) is 0 Å². The van der Waals surface area contributed by atoms with Crippen LogP contribution in [0, 0.1) is 0 Å². The SMILES string of the molecule is O=c1c2cc(Br)c3cnccc3c2ncn1[C@H]1CCCCC1O. The lowest BCUT2D eigenvalue weighted by Gasteiger charge is -2.29. The van der Waals surface area contributed by atoms with Gasteiger partial charge >= 0.3 is 0 Å². The highest BCUT2D eigenvalue weighted by atomic mass is 79.9. The molecular weight excluding hydrogens is 358 g/mol. The molecule has 1 N–H and O–H groups in total. The first-order valence-corrected chi connectivity index (χ1v) is 8.57. The molecule has 0 bridgehead atoms. The van der Waals surface area contributed by atoms with E-state index in [9.17, 15) is 9.90 Å². The van der Waals surface area contributed by atoms with Gasteiger partial charge in [-0.15, -0.1) is 0 Å². The van der Waals surface area contributed by atoms with Gasteiger partial charge in [0.1, 0.15) is 0 Å². The van der Waals surface area contributed by atoms with E-state index in [1.807, 2.05) is 6.07 Å². The molecule has 5 nitrogen and oxygen atoms in total. The lowest BCUT2D eigenvalue weighted by atomic mass is 9.92. The molecular formula is C17H16BrN3O2. The maximum absolute atomic E-state index is 12.9. The van der Waals surface area contributed by atoms with Crippen LogP contribution >= 0.6 is 15.9 Å². The van der Waals surface area contributed by atoms with E-state index in [0.717, 1.165) is 40.9 Å². The van der Waals surface area contributed by atoms with E-state index in [2.05, 4.69) is 25.9 Å². The highest BCUT2D eigenvalue weighted by Gasteiger charge is 2.26. The highest BCUT2D eigenvalue weighted by Crippen LogP contribution is 2.31. The summed E-state index contributed by atoms with van der Waals surface area (Å²) in [6, 6.07) is 3.50. The average Bonchev–Trinajstić information content (AvgIpc) is 2.57. The largest absolute Gasteiger partial charge is 0.391 e. The third kappa shape index (κ3) is 2.37. The van der Waals surface area contributed by atoms with Crippen molar-refractivity contribution in [2.45, 2.75) is 37.8 Å². The van der Waals surface area contributed by atoms with Crippen LogP contribution in [0.5, 0.6) is 0 Å². The summed E-state index contributed by atoms with van der Waals surface area (Å²) < 4.78 is 2.43. The number of aromatic nitrogens is 3. The molecule has 2 heterocycles. The molecule has 23 heavy (non-hydrogen) atoms. The predicted octanol–water partition coefficient (Wildman–Crippen LogP) is 3.18. The zero-order valence-electron chi connectivity index (χ0n) is 12.4. The second-order valence-corrected chi connectivity index (χ2v) is 6.91. The van der Waals surface area contributed by atoms with E-state index >= 15 is 0 Å². The lowest BCUT2D eigenvalue weighted by Crippen LogP contribution is -2.34. The van der Waals surface area contributed by atoms with Crippen LogP contribution in [0.15, 0.2) is 40.1 Å². The van der Waals surface area contributed by atoms with Crippen molar-refractivity contribution in [1.82, 2.24) is 14.5 Å². The molecule has 118 valence electrons. The van der Waals surface area contributed by atoms with E-state index in [4.69, 9.17) is 0 Å². The van der Waals surface area contributed by atoms with E-state index in [1.165, 1.54) is 0 Å². The van der Waals surface area contributed by atoms with Crippen molar-refractivity contribution in [2.24, 2.45) is 0 Å². The van der Waals surface area contributed by atoms with E-state index < -0.39 is 6.10 Å². The van der Waals surface area contributed by atoms with E-state index in [0.29, 0.717) is 10.9 Å². The van der Waals surface area contributed by atoms with Crippen LogP contribution in [0.2, 0.25) is 0 Å². The summed E-state index contributed by atoms with van der Waals surface area (Å²) in [6.45, 7) is 0. The molecule has 1 aliphatic carbocycles. The van der Waals surface area contributed by atoms with Gasteiger partial charge in [-0.2, -0.15) is 0 Å². The molecule has 6 heteroatoms. The molecule has 0 aliphatic heterocycles. The number of hydrogen-bond acceptors (Lipinski definition) is 4. The van der Waals surface area contributed by atoms with Crippen molar-refractivity contribution >= 4 is 37.6 Å². The smallest absolute Gasteiger partial charge is 0.261 e. The fraction of sp³-hybridized carbons (Fsp3) is 0.353. The summed E-state index contributed by atoms with van der Waals surface area (Å²) in [5.41, 5.74) is 0.581. The fourth-order valence-corrected chi connectivity index (χ4v) is 4.02. The van der Waals surface area contributed by atoms with Gasteiger partial charge in [0.2, 0.25) is 0 Å². The number of rotatable bonds is 1. The first kappa shape index (κ1) is 14.8. The number of benzene rings is 1. The molecule has 4 rings (SSSR count). The predicted molar refractivity (Wildman–Crippen MR) is 92.5 cm³/mol. The Balaban J connectivity index is 1.98. The molecule has 0 spiro atoms. The number of pyridine rings is 1. The number of nitrogens with zero attached hydrogens (tertiary/aromatic N) is 3. The number of aliphatic hydroxyl groups is 1. The Labute approximate surface area is 141 Å². The minimum absolute atomic E-state index is 0.0969. The van der Waals surface area contributed by atoms with Crippen LogP contribution in [0.4, 0.5) is 0 Å². The van der Waals surface area contributed by atoms with Crippen LogP contribution in [0.25, 0.3) is 21.7 Å². The number of halogens is 1. The Kier molecular flexibility index (Phi) is 3.66. The van der Waals surface area contributed by atoms with Crippen molar-refractivity contribution in [3.8, 4) is 0 Å². The Morgan fingerprint density at radius 2 is 2.04 bits per heavy atom. The van der Waals surface area contributed by atoms with Gasteiger partial charge < -0.3 is 5.11 Å². The zero-order chi connectivity index (χ0) is 16.0. The molecule has 0 amide bonds. The molecule has 1 aromatic carbocycles. The Morgan fingerprint density at radius 3 is 2.87 bits per heavy atom. The van der Waals surface area contributed by atoms with Gasteiger partial charge in [0.25, 0.3) is 5.56 Å². The van der Waals surface area contributed by atoms with Crippen molar-refractivity contribution in [2.75, 3.05) is 0 Å².